The number of rotatable bonds is 6. The van der Waals surface area contributed by atoms with Gasteiger partial charge in [0.15, 0.2) is 0 Å². The molecule has 0 radical (unpaired) electrons. The fraction of sp³-hybridized carbons (Fsp3) is 0.0476. The van der Waals surface area contributed by atoms with Crippen LogP contribution in [-0.2, 0) is 11.4 Å². The van der Waals surface area contributed by atoms with E-state index in [4.69, 9.17) is 4.74 Å². The normalized spacial score (nSPS) is 10.7. The van der Waals surface area contributed by atoms with Crippen LogP contribution in [0.4, 0.5) is 5.82 Å². The number of halogens is 1. The lowest BCUT2D eigenvalue weighted by atomic mass is 10.2. The largest absolute Gasteiger partial charge is 0.489 e. The van der Waals surface area contributed by atoms with Gasteiger partial charge in [0, 0.05) is 16.7 Å². The fourth-order valence-corrected chi connectivity index (χ4v) is 2.47. The van der Waals surface area contributed by atoms with Crippen LogP contribution >= 0.6 is 15.9 Å². The van der Waals surface area contributed by atoms with E-state index in [-0.39, 0.29) is 5.91 Å². The van der Waals surface area contributed by atoms with Crippen molar-refractivity contribution < 1.29 is 9.53 Å². The summed E-state index contributed by atoms with van der Waals surface area (Å²) in [6, 6.07) is 21.1. The molecule has 0 bridgehead atoms. The first-order valence-corrected chi connectivity index (χ1v) is 8.86. The third kappa shape index (κ3) is 5.57. The zero-order valence-electron chi connectivity index (χ0n) is 13.9. The lowest BCUT2D eigenvalue weighted by Crippen LogP contribution is -2.08. The monoisotopic (exact) mass is 408 g/mol. The molecule has 5 heteroatoms. The quantitative estimate of drug-likeness (QED) is 0.578. The summed E-state index contributed by atoms with van der Waals surface area (Å²) in [4.78, 5) is 16.1. The SMILES string of the molecule is O=C(/C=C/c1cccc(OCc2ccccc2)c1)Nc1ccc(Br)cn1. The summed E-state index contributed by atoms with van der Waals surface area (Å²) in [6.45, 7) is 0.504. The predicted molar refractivity (Wildman–Crippen MR) is 107 cm³/mol. The number of hydrogen-bond donors (Lipinski definition) is 1. The zero-order valence-corrected chi connectivity index (χ0v) is 15.5. The van der Waals surface area contributed by atoms with Gasteiger partial charge in [-0.1, -0.05) is 42.5 Å². The van der Waals surface area contributed by atoms with Crippen LogP contribution in [0.2, 0.25) is 0 Å². The number of ether oxygens (including phenoxy) is 1. The van der Waals surface area contributed by atoms with Crippen LogP contribution in [-0.4, -0.2) is 10.9 Å². The summed E-state index contributed by atoms with van der Waals surface area (Å²) in [6.07, 6.45) is 4.84. The van der Waals surface area contributed by atoms with Crippen LogP contribution in [0.25, 0.3) is 6.08 Å². The van der Waals surface area contributed by atoms with Gasteiger partial charge in [-0.05, 0) is 57.4 Å². The van der Waals surface area contributed by atoms with E-state index in [0.29, 0.717) is 12.4 Å². The van der Waals surface area contributed by atoms with E-state index >= 15 is 0 Å². The summed E-state index contributed by atoms with van der Waals surface area (Å²) in [5.74, 6) is 1.02. The standard InChI is InChI=1S/C21H17BrN2O2/c22-18-10-11-20(23-14-18)24-21(25)12-9-16-7-4-8-19(13-16)26-15-17-5-2-1-3-6-17/h1-14H,15H2,(H,23,24,25)/b12-9+. The summed E-state index contributed by atoms with van der Waals surface area (Å²) in [5.41, 5.74) is 1.99. The van der Waals surface area contributed by atoms with Gasteiger partial charge in [0.1, 0.15) is 18.2 Å². The lowest BCUT2D eigenvalue weighted by Gasteiger charge is -2.07. The molecule has 0 saturated heterocycles. The second-order valence-electron chi connectivity index (χ2n) is 5.53. The molecule has 3 aromatic rings. The number of anilines is 1. The van der Waals surface area contributed by atoms with Gasteiger partial charge in [0.05, 0.1) is 0 Å². The smallest absolute Gasteiger partial charge is 0.249 e. The highest BCUT2D eigenvalue weighted by molar-refractivity contribution is 9.10. The summed E-state index contributed by atoms with van der Waals surface area (Å²) in [7, 11) is 0. The molecule has 1 aromatic heterocycles. The molecule has 0 saturated carbocycles. The number of pyridine rings is 1. The third-order valence-electron chi connectivity index (χ3n) is 3.51. The average Bonchev–Trinajstić information content (AvgIpc) is 2.68. The van der Waals surface area contributed by atoms with Crippen molar-refractivity contribution >= 4 is 33.7 Å². The first-order valence-electron chi connectivity index (χ1n) is 8.06. The summed E-state index contributed by atoms with van der Waals surface area (Å²) < 4.78 is 6.66. The van der Waals surface area contributed by atoms with Gasteiger partial charge in [-0.3, -0.25) is 4.79 Å². The second-order valence-corrected chi connectivity index (χ2v) is 6.45. The van der Waals surface area contributed by atoms with Crippen LogP contribution in [0.5, 0.6) is 5.75 Å². The van der Waals surface area contributed by atoms with Gasteiger partial charge in [-0.25, -0.2) is 4.98 Å². The van der Waals surface area contributed by atoms with Crippen molar-refractivity contribution in [2.24, 2.45) is 0 Å². The molecule has 1 heterocycles. The van der Waals surface area contributed by atoms with Crippen molar-refractivity contribution in [3.63, 3.8) is 0 Å². The Balaban J connectivity index is 1.58. The minimum Gasteiger partial charge on any atom is -0.489 e. The Labute approximate surface area is 160 Å². The molecule has 0 fully saturated rings. The van der Waals surface area contributed by atoms with Crippen molar-refractivity contribution in [1.29, 1.82) is 0 Å². The number of carbonyl (C=O) groups is 1. The maximum Gasteiger partial charge on any atom is 0.249 e. The van der Waals surface area contributed by atoms with Crippen LogP contribution in [0, 0.1) is 0 Å². The van der Waals surface area contributed by atoms with E-state index < -0.39 is 0 Å². The molecule has 0 aliphatic carbocycles. The molecule has 0 atom stereocenters. The molecule has 0 aliphatic rings. The van der Waals surface area contributed by atoms with E-state index in [1.54, 1.807) is 18.3 Å². The molecule has 4 nitrogen and oxygen atoms in total. The van der Waals surface area contributed by atoms with Crippen LogP contribution in [0.1, 0.15) is 11.1 Å². The van der Waals surface area contributed by atoms with E-state index in [0.717, 1.165) is 21.3 Å². The van der Waals surface area contributed by atoms with Gasteiger partial charge in [-0.2, -0.15) is 0 Å². The predicted octanol–water partition coefficient (Wildman–Crippen LogP) is 5.08. The Morgan fingerprint density at radius 3 is 2.69 bits per heavy atom. The molecular weight excluding hydrogens is 392 g/mol. The first kappa shape index (κ1) is 17.9. The van der Waals surface area contributed by atoms with Gasteiger partial charge >= 0.3 is 0 Å². The number of nitrogens with one attached hydrogen (secondary N) is 1. The Hall–Kier alpha value is -2.92. The van der Waals surface area contributed by atoms with E-state index in [1.165, 1.54) is 6.08 Å². The van der Waals surface area contributed by atoms with Crippen LogP contribution in [0.15, 0.2) is 83.5 Å². The number of nitrogens with zero attached hydrogens (tertiary/aromatic N) is 1. The van der Waals surface area contributed by atoms with Gasteiger partial charge < -0.3 is 10.1 Å². The zero-order chi connectivity index (χ0) is 18.2. The minimum atomic E-state index is -0.240. The molecule has 0 unspecified atom stereocenters. The number of hydrogen-bond acceptors (Lipinski definition) is 3. The van der Waals surface area contributed by atoms with Crippen molar-refractivity contribution in [3.8, 4) is 5.75 Å². The fourth-order valence-electron chi connectivity index (χ4n) is 2.24. The maximum atomic E-state index is 12.0. The number of benzene rings is 2. The highest BCUT2D eigenvalue weighted by Gasteiger charge is 2.00. The third-order valence-corrected chi connectivity index (χ3v) is 3.98. The second kappa shape index (κ2) is 8.97. The van der Waals surface area contributed by atoms with Crippen molar-refractivity contribution in [3.05, 3.63) is 94.6 Å². The summed E-state index contributed by atoms with van der Waals surface area (Å²) in [5, 5.41) is 2.71. The maximum absolute atomic E-state index is 12.0. The molecule has 0 aliphatic heterocycles. The van der Waals surface area contributed by atoms with Crippen LogP contribution < -0.4 is 10.1 Å². The highest BCUT2D eigenvalue weighted by atomic mass is 79.9. The molecule has 130 valence electrons. The molecule has 3 rings (SSSR count). The molecule has 2 aromatic carbocycles. The number of amides is 1. The molecular formula is C21H17BrN2O2. The Morgan fingerprint density at radius 2 is 1.92 bits per heavy atom. The molecule has 1 N–H and O–H groups in total. The van der Waals surface area contributed by atoms with Gasteiger partial charge in [0.2, 0.25) is 5.91 Å². The Morgan fingerprint density at radius 1 is 1.08 bits per heavy atom. The average molecular weight is 409 g/mol. The summed E-state index contributed by atoms with van der Waals surface area (Å²) >= 11 is 3.31. The van der Waals surface area contributed by atoms with E-state index in [9.17, 15) is 4.79 Å². The van der Waals surface area contributed by atoms with E-state index in [1.807, 2.05) is 60.7 Å². The Bertz CT molecular complexity index is 893. The van der Waals surface area contributed by atoms with Gasteiger partial charge in [0.25, 0.3) is 0 Å². The van der Waals surface area contributed by atoms with Crippen molar-refractivity contribution in [2.75, 3.05) is 5.32 Å². The first-order chi connectivity index (χ1) is 12.7. The lowest BCUT2D eigenvalue weighted by molar-refractivity contribution is -0.111. The number of carbonyl (C=O) groups excluding carboxylic acids is 1. The Kier molecular flexibility index (Phi) is 6.17. The molecule has 1 amide bonds. The highest BCUT2D eigenvalue weighted by Crippen LogP contribution is 2.16. The number of aromatic nitrogens is 1. The van der Waals surface area contributed by atoms with Crippen molar-refractivity contribution in [1.82, 2.24) is 4.98 Å². The van der Waals surface area contributed by atoms with E-state index in [2.05, 4.69) is 26.2 Å². The minimum absolute atomic E-state index is 0.240. The topological polar surface area (TPSA) is 51.2 Å². The van der Waals surface area contributed by atoms with Crippen LogP contribution in [0.3, 0.4) is 0 Å². The molecule has 26 heavy (non-hydrogen) atoms. The van der Waals surface area contributed by atoms with Gasteiger partial charge in [-0.15, -0.1) is 0 Å². The molecule has 0 spiro atoms. The van der Waals surface area contributed by atoms with Crippen molar-refractivity contribution in [2.45, 2.75) is 6.61 Å².